The van der Waals surface area contributed by atoms with Gasteiger partial charge in [0.05, 0.1) is 19.5 Å². The molecule has 0 atom stereocenters. The van der Waals surface area contributed by atoms with E-state index in [-0.39, 0.29) is 0 Å². The molecule has 1 saturated heterocycles. The molecule has 1 aliphatic heterocycles. The van der Waals surface area contributed by atoms with Gasteiger partial charge in [0.2, 0.25) is 0 Å². The van der Waals surface area contributed by atoms with Crippen molar-refractivity contribution in [3.63, 3.8) is 0 Å². The molecule has 0 saturated carbocycles. The predicted molar refractivity (Wildman–Crippen MR) is 87.5 cm³/mol. The van der Waals surface area contributed by atoms with Gasteiger partial charge in [0, 0.05) is 19.3 Å². The fourth-order valence-corrected chi connectivity index (χ4v) is 2.32. The molecule has 4 heteroatoms. The van der Waals surface area contributed by atoms with Crippen LogP contribution in [-0.4, -0.2) is 31.3 Å². The van der Waals surface area contributed by atoms with Crippen molar-refractivity contribution in [2.45, 2.75) is 6.61 Å². The maximum atomic E-state index is 5.53. The lowest BCUT2D eigenvalue weighted by molar-refractivity contribution is 0.122. The summed E-state index contributed by atoms with van der Waals surface area (Å²) in [6, 6.07) is 14.2. The van der Waals surface area contributed by atoms with Gasteiger partial charge in [-0.2, -0.15) is 0 Å². The summed E-state index contributed by atoms with van der Waals surface area (Å²) in [5, 5.41) is 0. The van der Waals surface area contributed by atoms with E-state index < -0.39 is 0 Å². The summed E-state index contributed by atoms with van der Waals surface area (Å²) in [6.45, 7) is 3.94. The molecule has 114 valence electrons. The zero-order chi connectivity index (χ0) is 15.0. The van der Waals surface area contributed by atoms with Crippen LogP contribution in [-0.2, 0) is 16.1 Å². The average molecular weight is 296 g/mol. The smallest absolute Gasteiger partial charge is 0.128 e. The van der Waals surface area contributed by atoms with Crippen molar-refractivity contribution >= 4 is 11.9 Å². The minimum absolute atomic E-state index is 0.580. The van der Waals surface area contributed by atoms with Crippen molar-refractivity contribution in [1.29, 1.82) is 0 Å². The molecule has 1 aromatic heterocycles. The van der Waals surface area contributed by atoms with Crippen LogP contribution in [0.4, 0.5) is 5.82 Å². The Labute approximate surface area is 131 Å². The molecular weight excluding hydrogens is 276 g/mol. The maximum absolute atomic E-state index is 5.53. The fourth-order valence-electron chi connectivity index (χ4n) is 2.32. The molecule has 0 bridgehead atoms. The number of hydrogen-bond donors (Lipinski definition) is 0. The van der Waals surface area contributed by atoms with Gasteiger partial charge in [-0.15, -0.1) is 0 Å². The van der Waals surface area contributed by atoms with Gasteiger partial charge in [-0.25, -0.2) is 4.98 Å². The van der Waals surface area contributed by atoms with Gasteiger partial charge in [0.15, 0.2) is 0 Å². The van der Waals surface area contributed by atoms with Gasteiger partial charge in [-0.05, 0) is 29.3 Å². The molecule has 3 rings (SSSR count). The molecular formula is C18H20N2O2. The van der Waals surface area contributed by atoms with Crippen LogP contribution in [0.3, 0.4) is 0 Å². The Bertz CT molecular complexity index is 590. The van der Waals surface area contributed by atoms with Crippen LogP contribution in [0.5, 0.6) is 0 Å². The van der Waals surface area contributed by atoms with Gasteiger partial charge < -0.3 is 14.4 Å². The molecule has 0 N–H and O–H groups in total. The SMILES string of the molecule is C(=C\c1ccc(N2CCOCC2)nc1)/OCc1ccccc1. The zero-order valence-electron chi connectivity index (χ0n) is 12.5. The van der Waals surface area contributed by atoms with Crippen LogP contribution in [0.15, 0.2) is 54.9 Å². The van der Waals surface area contributed by atoms with E-state index in [0.717, 1.165) is 43.2 Å². The number of nitrogens with zero attached hydrogens (tertiary/aromatic N) is 2. The van der Waals surface area contributed by atoms with E-state index in [4.69, 9.17) is 9.47 Å². The lowest BCUT2D eigenvalue weighted by atomic mass is 10.2. The first-order chi connectivity index (χ1) is 10.9. The molecule has 0 aliphatic carbocycles. The Kier molecular flexibility index (Phi) is 5.05. The van der Waals surface area contributed by atoms with E-state index >= 15 is 0 Å². The summed E-state index contributed by atoms with van der Waals surface area (Å²) >= 11 is 0. The highest BCUT2D eigenvalue weighted by Crippen LogP contribution is 2.13. The van der Waals surface area contributed by atoms with E-state index in [1.807, 2.05) is 48.7 Å². The molecule has 0 spiro atoms. The molecule has 1 aliphatic rings. The Morgan fingerprint density at radius 3 is 2.64 bits per heavy atom. The van der Waals surface area contributed by atoms with Crippen LogP contribution in [0.25, 0.3) is 6.08 Å². The molecule has 0 amide bonds. The summed E-state index contributed by atoms with van der Waals surface area (Å²) in [5.41, 5.74) is 2.19. The third kappa shape index (κ3) is 4.09. The number of ether oxygens (including phenoxy) is 2. The van der Waals surface area contributed by atoms with E-state index in [2.05, 4.69) is 16.0 Å². The highest BCUT2D eigenvalue weighted by Gasteiger charge is 2.11. The molecule has 4 nitrogen and oxygen atoms in total. The number of pyridine rings is 1. The van der Waals surface area contributed by atoms with Gasteiger partial charge in [-0.3, -0.25) is 0 Å². The Balaban J connectivity index is 1.51. The number of benzene rings is 1. The first kappa shape index (κ1) is 14.6. The molecule has 1 aromatic carbocycles. The monoisotopic (exact) mass is 296 g/mol. The van der Waals surface area contributed by atoms with Crippen LogP contribution in [0.1, 0.15) is 11.1 Å². The normalized spacial score (nSPS) is 15.2. The largest absolute Gasteiger partial charge is 0.496 e. The van der Waals surface area contributed by atoms with E-state index in [9.17, 15) is 0 Å². The number of hydrogen-bond acceptors (Lipinski definition) is 4. The number of rotatable bonds is 5. The van der Waals surface area contributed by atoms with Gasteiger partial charge in [-0.1, -0.05) is 30.3 Å². The van der Waals surface area contributed by atoms with Crippen molar-refractivity contribution in [2.24, 2.45) is 0 Å². The number of morpholine rings is 1. The zero-order valence-corrected chi connectivity index (χ0v) is 12.5. The Morgan fingerprint density at radius 1 is 1.09 bits per heavy atom. The topological polar surface area (TPSA) is 34.6 Å². The second-order valence-electron chi connectivity index (χ2n) is 5.15. The minimum atomic E-state index is 0.580. The highest BCUT2D eigenvalue weighted by atomic mass is 16.5. The van der Waals surface area contributed by atoms with E-state index in [0.29, 0.717) is 6.61 Å². The summed E-state index contributed by atoms with van der Waals surface area (Å²) < 4.78 is 10.9. The van der Waals surface area contributed by atoms with Gasteiger partial charge >= 0.3 is 0 Å². The minimum Gasteiger partial charge on any atom is -0.496 e. The van der Waals surface area contributed by atoms with Crippen LogP contribution >= 0.6 is 0 Å². The standard InChI is InChI=1S/C18H20N2O2/c1-2-4-17(5-3-1)15-22-11-8-16-6-7-18(19-14-16)20-9-12-21-13-10-20/h1-8,11,14H,9-10,12-13,15H2/b11-8+. The van der Waals surface area contributed by atoms with E-state index in [1.54, 1.807) is 6.26 Å². The molecule has 2 aromatic rings. The lowest BCUT2D eigenvalue weighted by Gasteiger charge is -2.27. The van der Waals surface area contributed by atoms with Crippen molar-refractivity contribution in [3.05, 3.63) is 66.1 Å². The molecule has 22 heavy (non-hydrogen) atoms. The van der Waals surface area contributed by atoms with Crippen molar-refractivity contribution in [2.75, 3.05) is 31.2 Å². The quantitative estimate of drug-likeness (QED) is 0.794. The summed E-state index contributed by atoms with van der Waals surface area (Å²) in [7, 11) is 0. The van der Waals surface area contributed by atoms with Crippen molar-refractivity contribution in [3.8, 4) is 0 Å². The molecule has 0 radical (unpaired) electrons. The number of anilines is 1. The summed E-state index contributed by atoms with van der Waals surface area (Å²) in [5.74, 6) is 1.01. The average Bonchev–Trinajstić information content (AvgIpc) is 2.61. The van der Waals surface area contributed by atoms with Crippen LogP contribution in [0.2, 0.25) is 0 Å². The third-order valence-electron chi connectivity index (χ3n) is 3.56. The predicted octanol–water partition coefficient (Wildman–Crippen LogP) is 3.11. The molecule has 2 heterocycles. The third-order valence-corrected chi connectivity index (χ3v) is 3.56. The first-order valence-corrected chi connectivity index (χ1v) is 7.53. The maximum Gasteiger partial charge on any atom is 0.128 e. The van der Waals surface area contributed by atoms with Crippen molar-refractivity contribution in [1.82, 2.24) is 4.98 Å². The van der Waals surface area contributed by atoms with E-state index in [1.165, 1.54) is 0 Å². The first-order valence-electron chi connectivity index (χ1n) is 7.53. The Hall–Kier alpha value is -2.33. The summed E-state index contributed by atoms with van der Waals surface area (Å²) in [4.78, 5) is 6.74. The number of aromatic nitrogens is 1. The van der Waals surface area contributed by atoms with Crippen molar-refractivity contribution < 1.29 is 9.47 Å². The van der Waals surface area contributed by atoms with Crippen LogP contribution < -0.4 is 4.90 Å². The fraction of sp³-hybridized carbons (Fsp3) is 0.278. The molecule has 0 unspecified atom stereocenters. The second-order valence-corrected chi connectivity index (χ2v) is 5.15. The highest BCUT2D eigenvalue weighted by molar-refractivity contribution is 5.50. The van der Waals surface area contributed by atoms with Gasteiger partial charge in [0.1, 0.15) is 12.4 Å². The lowest BCUT2D eigenvalue weighted by Crippen LogP contribution is -2.36. The Morgan fingerprint density at radius 2 is 1.91 bits per heavy atom. The summed E-state index contributed by atoms with van der Waals surface area (Å²) in [6.07, 6.45) is 5.52. The van der Waals surface area contributed by atoms with Gasteiger partial charge in [0.25, 0.3) is 0 Å². The van der Waals surface area contributed by atoms with Crippen LogP contribution in [0, 0.1) is 0 Å². The molecule has 1 fully saturated rings. The second kappa shape index (κ2) is 7.61.